The van der Waals surface area contributed by atoms with E-state index < -0.39 is 0 Å². The highest BCUT2D eigenvalue weighted by Crippen LogP contribution is 2.63. The van der Waals surface area contributed by atoms with Crippen molar-refractivity contribution in [3.63, 3.8) is 0 Å². The van der Waals surface area contributed by atoms with Gasteiger partial charge in [0.15, 0.2) is 11.6 Å². The lowest BCUT2D eigenvalue weighted by Crippen LogP contribution is -2.43. The fourth-order valence-corrected chi connectivity index (χ4v) is 5.10. The second-order valence-electron chi connectivity index (χ2n) is 6.58. The Hall–Kier alpha value is -0.960. The van der Waals surface area contributed by atoms with E-state index in [4.69, 9.17) is 0 Å². The van der Waals surface area contributed by atoms with E-state index in [1.165, 1.54) is 0 Å². The molecule has 0 N–H and O–H groups in total. The molecule has 4 rings (SSSR count). The van der Waals surface area contributed by atoms with E-state index in [9.17, 15) is 9.59 Å². The van der Waals surface area contributed by atoms with E-state index in [0.29, 0.717) is 17.0 Å². The van der Waals surface area contributed by atoms with Crippen molar-refractivity contribution in [1.82, 2.24) is 0 Å². The molecule has 2 bridgehead atoms. The molecule has 0 amide bonds. The highest BCUT2D eigenvalue weighted by molar-refractivity contribution is 9.10. The van der Waals surface area contributed by atoms with Gasteiger partial charge in [0.05, 0.1) is 0 Å². The van der Waals surface area contributed by atoms with Crippen LogP contribution < -0.4 is 0 Å². The summed E-state index contributed by atoms with van der Waals surface area (Å²) in [4.78, 5) is 25.5. The van der Waals surface area contributed by atoms with E-state index in [2.05, 4.69) is 22.9 Å². The fraction of sp³-hybridized carbons (Fsp3) is 0.500. The molecule has 4 unspecified atom stereocenters. The van der Waals surface area contributed by atoms with Crippen molar-refractivity contribution in [3.8, 4) is 0 Å². The first-order valence-corrected chi connectivity index (χ1v) is 7.68. The molecule has 4 atom stereocenters. The van der Waals surface area contributed by atoms with Gasteiger partial charge in [-0.3, -0.25) is 9.59 Å². The van der Waals surface area contributed by atoms with Gasteiger partial charge in [0.2, 0.25) is 0 Å². The minimum Gasteiger partial charge on any atom is -0.294 e. The van der Waals surface area contributed by atoms with Gasteiger partial charge in [0, 0.05) is 27.4 Å². The number of ketones is 2. The quantitative estimate of drug-likeness (QED) is 0.727. The fourth-order valence-electron chi connectivity index (χ4n) is 4.74. The van der Waals surface area contributed by atoms with Gasteiger partial charge < -0.3 is 0 Å². The summed E-state index contributed by atoms with van der Waals surface area (Å²) in [7, 11) is 0. The molecule has 3 aliphatic carbocycles. The number of hydrogen-bond donors (Lipinski definition) is 0. The maximum atomic E-state index is 12.8. The van der Waals surface area contributed by atoms with Crippen molar-refractivity contribution in [3.05, 3.63) is 33.8 Å². The summed E-state index contributed by atoms with van der Waals surface area (Å²) in [6.07, 6.45) is 3.26. The van der Waals surface area contributed by atoms with Gasteiger partial charge in [-0.15, -0.1) is 0 Å². The molecule has 2 fully saturated rings. The molecule has 0 aromatic heterocycles. The van der Waals surface area contributed by atoms with Gasteiger partial charge in [0.1, 0.15) is 0 Å². The second-order valence-corrected chi connectivity index (χ2v) is 7.49. The Labute approximate surface area is 120 Å². The molecule has 1 aromatic rings. The van der Waals surface area contributed by atoms with Crippen LogP contribution in [0.3, 0.4) is 0 Å². The number of fused-ring (bicyclic) bond motifs is 6. The van der Waals surface area contributed by atoms with Crippen LogP contribution in [0.25, 0.3) is 0 Å². The Morgan fingerprint density at radius 2 is 2.00 bits per heavy atom. The summed E-state index contributed by atoms with van der Waals surface area (Å²) >= 11 is 3.40. The van der Waals surface area contributed by atoms with Crippen LogP contribution in [-0.4, -0.2) is 11.6 Å². The van der Waals surface area contributed by atoms with Crippen molar-refractivity contribution in [1.29, 1.82) is 0 Å². The van der Waals surface area contributed by atoms with E-state index in [1.54, 1.807) is 0 Å². The predicted molar refractivity (Wildman–Crippen MR) is 75.2 cm³/mol. The molecule has 98 valence electrons. The number of hydrogen-bond acceptors (Lipinski definition) is 2. The number of Topliss-reactive ketones (excluding diaryl/α,β-unsaturated/α-hetero) is 2. The van der Waals surface area contributed by atoms with Crippen LogP contribution in [0.4, 0.5) is 0 Å². The SMILES string of the molecule is CC12CCC(C1)C1C(=O)c3cc(Br)ccc3C(=O)C12. The average molecular weight is 319 g/mol. The lowest BCUT2D eigenvalue weighted by atomic mass is 9.63. The standard InChI is InChI=1S/C16H15BrO2/c1-16-5-4-8(7-16)12-13(16)15(19)10-3-2-9(17)6-11(10)14(12)18/h2-3,6,8,12-13H,4-5,7H2,1H3. The molecule has 3 heteroatoms. The first-order chi connectivity index (χ1) is 9.01. The maximum Gasteiger partial charge on any atom is 0.167 e. The minimum absolute atomic E-state index is 0.0481. The molecule has 0 saturated heterocycles. The number of rotatable bonds is 0. The first kappa shape index (κ1) is 11.8. The Kier molecular flexibility index (Phi) is 2.22. The van der Waals surface area contributed by atoms with Crippen molar-refractivity contribution < 1.29 is 9.59 Å². The third kappa shape index (κ3) is 1.37. The Morgan fingerprint density at radius 1 is 1.21 bits per heavy atom. The predicted octanol–water partition coefficient (Wildman–Crippen LogP) is 3.88. The second kappa shape index (κ2) is 3.57. The number of halogens is 1. The largest absolute Gasteiger partial charge is 0.294 e. The zero-order valence-electron chi connectivity index (χ0n) is 10.8. The summed E-state index contributed by atoms with van der Waals surface area (Å²) in [6, 6.07) is 5.49. The van der Waals surface area contributed by atoms with Gasteiger partial charge in [-0.25, -0.2) is 0 Å². The molecular weight excluding hydrogens is 304 g/mol. The van der Waals surface area contributed by atoms with Crippen LogP contribution in [0.1, 0.15) is 46.9 Å². The Morgan fingerprint density at radius 3 is 2.79 bits per heavy atom. The molecule has 3 aliphatic rings. The highest BCUT2D eigenvalue weighted by Gasteiger charge is 2.62. The van der Waals surface area contributed by atoms with E-state index in [1.807, 2.05) is 18.2 Å². The van der Waals surface area contributed by atoms with Crippen molar-refractivity contribution in [2.45, 2.75) is 26.2 Å². The molecule has 2 saturated carbocycles. The normalized spacial score (nSPS) is 39.4. The molecular formula is C16H15BrO2. The topological polar surface area (TPSA) is 34.1 Å². The summed E-state index contributed by atoms with van der Waals surface area (Å²) in [6.45, 7) is 2.20. The summed E-state index contributed by atoms with van der Waals surface area (Å²) in [5.74, 6) is 0.727. The molecule has 19 heavy (non-hydrogen) atoms. The minimum atomic E-state index is -0.0626. The zero-order valence-corrected chi connectivity index (χ0v) is 12.4. The third-order valence-corrected chi connectivity index (χ3v) is 6.02. The van der Waals surface area contributed by atoms with Crippen LogP contribution in [-0.2, 0) is 0 Å². The molecule has 1 aromatic carbocycles. The highest BCUT2D eigenvalue weighted by atomic mass is 79.9. The lowest BCUT2D eigenvalue weighted by molar-refractivity contribution is 0.0572. The zero-order chi connectivity index (χ0) is 13.4. The van der Waals surface area contributed by atoms with Crippen LogP contribution in [0.2, 0.25) is 0 Å². The average Bonchev–Trinajstić information content (AvgIpc) is 2.89. The van der Waals surface area contributed by atoms with Crippen LogP contribution >= 0.6 is 15.9 Å². The number of carbonyl (C=O) groups excluding carboxylic acids is 2. The third-order valence-electron chi connectivity index (χ3n) is 5.53. The van der Waals surface area contributed by atoms with Gasteiger partial charge >= 0.3 is 0 Å². The van der Waals surface area contributed by atoms with E-state index in [0.717, 1.165) is 23.7 Å². The van der Waals surface area contributed by atoms with Gasteiger partial charge in [-0.2, -0.15) is 0 Å². The van der Waals surface area contributed by atoms with Gasteiger partial charge in [-0.1, -0.05) is 22.9 Å². The first-order valence-electron chi connectivity index (χ1n) is 6.89. The molecule has 0 spiro atoms. The lowest BCUT2D eigenvalue weighted by Gasteiger charge is -2.38. The van der Waals surface area contributed by atoms with Crippen molar-refractivity contribution in [2.24, 2.45) is 23.2 Å². The smallest absolute Gasteiger partial charge is 0.167 e. The summed E-state index contributed by atoms with van der Waals surface area (Å²) < 4.78 is 0.875. The summed E-state index contributed by atoms with van der Waals surface area (Å²) in [5, 5.41) is 0. The van der Waals surface area contributed by atoms with Crippen LogP contribution in [0.15, 0.2) is 22.7 Å². The number of benzene rings is 1. The van der Waals surface area contributed by atoms with E-state index in [-0.39, 0.29) is 28.8 Å². The number of carbonyl (C=O) groups is 2. The Bertz CT molecular complexity index is 621. The van der Waals surface area contributed by atoms with Crippen molar-refractivity contribution >= 4 is 27.5 Å². The molecule has 2 nitrogen and oxygen atoms in total. The molecule has 0 heterocycles. The van der Waals surface area contributed by atoms with Crippen molar-refractivity contribution in [2.75, 3.05) is 0 Å². The van der Waals surface area contributed by atoms with Crippen LogP contribution in [0, 0.1) is 23.2 Å². The van der Waals surface area contributed by atoms with E-state index >= 15 is 0 Å². The van der Waals surface area contributed by atoms with Gasteiger partial charge in [0.25, 0.3) is 0 Å². The van der Waals surface area contributed by atoms with Crippen LogP contribution in [0.5, 0.6) is 0 Å². The van der Waals surface area contributed by atoms with Gasteiger partial charge in [-0.05, 0) is 48.8 Å². The summed E-state index contributed by atoms with van der Waals surface area (Å²) in [5.41, 5.74) is 1.34. The maximum absolute atomic E-state index is 12.8. The molecule has 0 radical (unpaired) electrons. The monoisotopic (exact) mass is 318 g/mol. The molecule has 0 aliphatic heterocycles. The Balaban J connectivity index is 1.93.